The summed E-state index contributed by atoms with van der Waals surface area (Å²) in [4.78, 5) is 20.1. The summed E-state index contributed by atoms with van der Waals surface area (Å²) in [5.74, 6) is -1.60. The third kappa shape index (κ3) is 5.21. The number of hydrogen-bond acceptors (Lipinski definition) is 4. The zero-order valence-corrected chi connectivity index (χ0v) is 14.8. The highest BCUT2D eigenvalue weighted by Gasteiger charge is 2.10. The van der Waals surface area contributed by atoms with Crippen molar-refractivity contribution in [3.05, 3.63) is 82.8 Å². The lowest BCUT2D eigenvalue weighted by atomic mass is 10.1. The van der Waals surface area contributed by atoms with E-state index in [0.717, 1.165) is 17.7 Å². The van der Waals surface area contributed by atoms with Gasteiger partial charge in [-0.25, -0.2) is 18.7 Å². The molecule has 138 valence electrons. The molecule has 3 rings (SSSR count). The molecule has 0 saturated carbocycles. The molecular formula is C19H15ClF2N4O. The summed E-state index contributed by atoms with van der Waals surface area (Å²) < 4.78 is 26.7. The fourth-order valence-electron chi connectivity index (χ4n) is 2.34. The standard InChI is InChI=1S/C19H15ClF2N4O/c20-13-3-1-12(2-4-13)7-8-23-19(27)17-10-18(25-11-24-17)26-16-6-5-14(21)9-15(16)22/h1-6,9-11H,7-8H2,(H,23,27)(H,24,25,26). The van der Waals surface area contributed by atoms with E-state index in [4.69, 9.17) is 11.6 Å². The number of halogens is 3. The second kappa shape index (κ2) is 8.55. The summed E-state index contributed by atoms with van der Waals surface area (Å²) >= 11 is 5.83. The van der Waals surface area contributed by atoms with Crippen LogP contribution in [-0.2, 0) is 6.42 Å². The summed E-state index contributed by atoms with van der Waals surface area (Å²) in [6, 6.07) is 11.9. The molecule has 0 aliphatic heterocycles. The molecule has 3 aromatic rings. The lowest BCUT2D eigenvalue weighted by molar-refractivity contribution is 0.0949. The fraction of sp³-hybridized carbons (Fsp3) is 0.105. The highest BCUT2D eigenvalue weighted by atomic mass is 35.5. The van der Waals surface area contributed by atoms with Crippen molar-refractivity contribution in [1.29, 1.82) is 0 Å². The lowest BCUT2D eigenvalue weighted by Crippen LogP contribution is -2.26. The van der Waals surface area contributed by atoms with Crippen LogP contribution in [0.2, 0.25) is 5.02 Å². The predicted octanol–water partition coefficient (Wildman–Crippen LogP) is 4.12. The Balaban J connectivity index is 1.60. The van der Waals surface area contributed by atoms with Gasteiger partial charge in [0.2, 0.25) is 0 Å². The van der Waals surface area contributed by atoms with Crippen LogP contribution in [0.4, 0.5) is 20.3 Å². The normalized spacial score (nSPS) is 10.5. The van der Waals surface area contributed by atoms with E-state index in [2.05, 4.69) is 20.6 Å². The molecule has 2 N–H and O–H groups in total. The first-order chi connectivity index (χ1) is 13.0. The smallest absolute Gasteiger partial charge is 0.270 e. The highest BCUT2D eigenvalue weighted by Crippen LogP contribution is 2.19. The minimum atomic E-state index is -0.762. The van der Waals surface area contributed by atoms with Gasteiger partial charge >= 0.3 is 0 Å². The monoisotopic (exact) mass is 388 g/mol. The van der Waals surface area contributed by atoms with Gasteiger partial charge in [0.1, 0.15) is 29.5 Å². The molecule has 1 amide bonds. The van der Waals surface area contributed by atoms with Crippen molar-refractivity contribution in [2.24, 2.45) is 0 Å². The van der Waals surface area contributed by atoms with E-state index in [1.807, 2.05) is 12.1 Å². The third-order valence-electron chi connectivity index (χ3n) is 3.71. The molecule has 0 unspecified atom stereocenters. The van der Waals surface area contributed by atoms with Gasteiger partial charge in [0.15, 0.2) is 0 Å². The van der Waals surface area contributed by atoms with E-state index < -0.39 is 11.6 Å². The molecule has 8 heteroatoms. The van der Waals surface area contributed by atoms with E-state index >= 15 is 0 Å². The number of aromatic nitrogens is 2. The highest BCUT2D eigenvalue weighted by molar-refractivity contribution is 6.30. The summed E-state index contributed by atoms with van der Waals surface area (Å²) in [7, 11) is 0. The van der Waals surface area contributed by atoms with Crippen molar-refractivity contribution in [2.75, 3.05) is 11.9 Å². The van der Waals surface area contributed by atoms with Crippen LogP contribution in [-0.4, -0.2) is 22.4 Å². The SMILES string of the molecule is O=C(NCCc1ccc(Cl)cc1)c1cc(Nc2ccc(F)cc2F)ncn1. The van der Waals surface area contributed by atoms with Gasteiger partial charge in [-0.2, -0.15) is 0 Å². The van der Waals surface area contributed by atoms with Gasteiger partial charge in [-0.05, 0) is 36.2 Å². The summed E-state index contributed by atoms with van der Waals surface area (Å²) in [6.07, 6.45) is 1.83. The first-order valence-electron chi connectivity index (χ1n) is 8.08. The Morgan fingerprint density at radius 2 is 1.81 bits per heavy atom. The summed E-state index contributed by atoms with van der Waals surface area (Å²) in [6.45, 7) is 0.416. The van der Waals surface area contributed by atoms with Crippen molar-refractivity contribution in [3.8, 4) is 0 Å². The van der Waals surface area contributed by atoms with E-state index in [-0.39, 0.29) is 23.1 Å². The van der Waals surface area contributed by atoms with Crippen LogP contribution in [0.25, 0.3) is 0 Å². The van der Waals surface area contributed by atoms with Gasteiger partial charge in [-0.15, -0.1) is 0 Å². The average Bonchev–Trinajstić information content (AvgIpc) is 2.66. The van der Waals surface area contributed by atoms with Crippen LogP contribution in [0.5, 0.6) is 0 Å². The lowest BCUT2D eigenvalue weighted by Gasteiger charge is -2.08. The Labute approximate surface area is 159 Å². The van der Waals surface area contributed by atoms with E-state index in [0.29, 0.717) is 18.0 Å². The molecule has 2 aromatic carbocycles. The number of nitrogens with zero attached hydrogens (tertiary/aromatic N) is 2. The average molecular weight is 389 g/mol. The Kier molecular flexibility index (Phi) is 5.93. The van der Waals surface area contributed by atoms with Crippen LogP contribution in [0, 0.1) is 11.6 Å². The van der Waals surface area contributed by atoms with Crippen LogP contribution in [0.3, 0.4) is 0 Å². The van der Waals surface area contributed by atoms with Gasteiger partial charge in [0.05, 0.1) is 5.69 Å². The van der Waals surface area contributed by atoms with Gasteiger partial charge in [-0.1, -0.05) is 23.7 Å². The minimum absolute atomic E-state index is 0.0456. The number of hydrogen-bond donors (Lipinski definition) is 2. The molecule has 5 nitrogen and oxygen atoms in total. The molecule has 0 atom stereocenters. The maximum Gasteiger partial charge on any atom is 0.270 e. The largest absolute Gasteiger partial charge is 0.350 e. The van der Waals surface area contributed by atoms with E-state index in [1.165, 1.54) is 18.5 Å². The van der Waals surface area contributed by atoms with Crippen molar-refractivity contribution < 1.29 is 13.6 Å². The van der Waals surface area contributed by atoms with Crippen LogP contribution in [0.1, 0.15) is 16.1 Å². The summed E-state index contributed by atoms with van der Waals surface area (Å²) in [5.41, 5.74) is 1.21. The number of benzene rings is 2. The first-order valence-corrected chi connectivity index (χ1v) is 8.46. The van der Waals surface area contributed by atoms with Gasteiger partial charge in [-0.3, -0.25) is 4.79 Å². The second-order valence-electron chi connectivity index (χ2n) is 5.67. The Morgan fingerprint density at radius 1 is 1.04 bits per heavy atom. The maximum atomic E-state index is 13.7. The molecule has 1 heterocycles. The number of rotatable bonds is 6. The van der Waals surface area contributed by atoms with E-state index in [9.17, 15) is 13.6 Å². The van der Waals surface area contributed by atoms with E-state index in [1.54, 1.807) is 12.1 Å². The van der Waals surface area contributed by atoms with Gasteiger partial charge < -0.3 is 10.6 Å². The number of amides is 1. The number of anilines is 2. The Morgan fingerprint density at radius 3 is 2.56 bits per heavy atom. The van der Waals surface area contributed by atoms with Crippen molar-refractivity contribution in [2.45, 2.75) is 6.42 Å². The van der Waals surface area contributed by atoms with Gasteiger partial charge in [0.25, 0.3) is 5.91 Å². The van der Waals surface area contributed by atoms with Crippen molar-refractivity contribution in [3.63, 3.8) is 0 Å². The molecule has 0 aliphatic carbocycles. The molecule has 27 heavy (non-hydrogen) atoms. The second-order valence-corrected chi connectivity index (χ2v) is 6.11. The predicted molar refractivity (Wildman–Crippen MR) is 99.2 cm³/mol. The molecule has 0 radical (unpaired) electrons. The van der Waals surface area contributed by atoms with Crippen molar-refractivity contribution >= 4 is 29.0 Å². The topological polar surface area (TPSA) is 66.9 Å². The molecule has 0 aliphatic rings. The first kappa shape index (κ1) is 18.7. The number of nitrogens with one attached hydrogen (secondary N) is 2. The zero-order chi connectivity index (χ0) is 19.2. The Hall–Kier alpha value is -3.06. The molecule has 0 fully saturated rings. The minimum Gasteiger partial charge on any atom is -0.350 e. The fourth-order valence-corrected chi connectivity index (χ4v) is 2.47. The Bertz CT molecular complexity index is 951. The molecule has 0 bridgehead atoms. The van der Waals surface area contributed by atoms with Gasteiger partial charge in [0, 0.05) is 23.7 Å². The quantitative estimate of drug-likeness (QED) is 0.666. The number of carbonyl (C=O) groups is 1. The van der Waals surface area contributed by atoms with Crippen LogP contribution < -0.4 is 10.6 Å². The van der Waals surface area contributed by atoms with Crippen LogP contribution in [0.15, 0.2) is 54.9 Å². The molecular weight excluding hydrogens is 374 g/mol. The van der Waals surface area contributed by atoms with Crippen molar-refractivity contribution in [1.82, 2.24) is 15.3 Å². The molecule has 0 saturated heterocycles. The molecule has 0 spiro atoms. The maximum absolute atomic E-state index is 13.7. The zero-order valence-electron chi connectivity index (χ0n) is 14.0. The number of carbonyl (C=O) groups excluding carboxylic acids is 1. The summed E-state index contributed by atoms with van der Waals surface area (Å²) in [5, 5.41) is 6.11. The third-order valence-corrected chi connectivity index (χ3v) is 3.96. The van der Waals surface area contributed by atoms with Crippen LogP contribution >= 0.6 is 11.6 Å². The molecule has 1 aromatic heterocycles.